The third kappa shape index (κ3) is 2.70. The minimum atomic E-state index is -1.27. The number of carbonyl (C=O) groups excluding carboxylic acids is 1. The van der Waals surface area contributed by atoms with Gasteiger partial charge in [-0.05, 0) is 33.7 Å². The summed E-state index contributed by atoms with van der Waals surface area (Å²) in [4.78, 5) is 13.4. The number of hydrogen-bond donors (Lipinski definition) is 1. The Morgan fingerprint density at radius 2 is 2.24 bits per heavy atom. The predicted molar refractivity (Wildman–Crippen MR) is 62.6 cm³/mol. The van der Waals surface area contributed by atoms with Crippen LogP contribution in [0, 0.1) is 5.92 Å². The van der Waals surface area contributed by atoms with Gasteiger partial charge in [-0.1, -0.05) is 0 Å². The molecule has 0 spiro atoms. The van der Waals surface area contributed by atoms with Gasteiger partial charge in [-0.3, -0.25) is 0 Å². The SMILES string of the molecule is CC(C)(C)OC(=O)N1CC2CCNCC2(F)C1. The Morgan fingerprint density at radius 3 is 2.82 bits per heavy atom. The molecule has 2 saturated heterocycles. The average molecular weight is 244 g/mol. The van der Waals surface area contributed by atoms with Crippen LogP contribution in [0.1, 0.15) is 27.2 Å². The van der Waals surface area contributed by atoms with Crippen LogP contribution in [0.5, 0.6) is 0 Å². The van der Waals surface area contributed by atoms with Crippen molar-refractivity contribution < 1.29 is 13.9 Å². The fourth-order valence-electron chi connectivity index (χ4n) is 2.53. The molecule has 1 amide bonds. The van der Waals surface area contributed by atoms with Gasteiger partial charge in [0.15, 0.2) is 0 Å². The van der Waals surface area contributed by atoms with E-state index in [1.54, 1.807) is 0 Å². The number of nitrogens with one attached hydrogen (secondary N) is 1. The van der Waals surface area contributed by atoms with Crippen molar-refractivity contribution in [2.24, 2.45) is 5.92 Å². The van der Waals surface area contributed by atoms with Crippen LogP contribution in [-0.2, 0) is 4.74 Å². The van der Waals surface area contributed by atoms with E-state index in [2.05, 4.69) is 5.32 Å². The molecular formula is C12H21FN2O2. The van der Waals surface area contributed by atoms with E-state index in [9.17, 15) is 9.18 Å². The third-order valence-corrected chi connectivity index (χ3v) is 3.37. The number of nitrogens with zero attached hydrogens (tertiary/aromatic N) is 1. The summed E-state index contributed by atoms with van der Waals surface area (Å²) in [5.74, 6) is -0.0451. The lowest BCUT2D eigenvalue weighted by Gasteiger charge is -2.31. The molecule has 0 aromatic heterocycles. The van der Waals surface area contributed by atoms with E-state index >= 15 is 0 Å². The molecular weight excluding hydrogens is 223 g/mol. The maximum absolute atomic E-state index is 14.5. The van der Waals surface area contributed by atoms with E-state index in [1.165, 1.54) is 4.90 Å². The standard InChI is InChI=1S/C12H21FN2O2/c1-11(2,3)17-10(16)15-6-9-4-5-14-7-12(9,13)8-15/h9,14H,4-8H2,1-3H3. The molecule has 0 aliphatic carbocycles. The Labute approximate surface area is 101 Å². The number of likely N-dealkylation sites (tertiary alicyclic amines) is 1. The molecule has 1 N–H and O–H groups in total. The van der Waals surface area contributed by atoms with Crippen molar-refractivity contribution in [3.63, 3.8) is 0 Å². The predicted octanol–water partition coefficient (Wildman–Crippen LogP) is 1.55. The molecule has 2 aliphatic heterocycles. The average Bonchev–Trinajstić information content (AvgIpc) is 2.52. The monoisotopic (exact) mass is 244 g/mol. The number of hydrogen-bond acceptors (Lipinski definition) is 3. The summed E-state index contributed by atoms with van der Waals surface area (Å²) in [5.41, 5.74) is -1.79. The van der Waals surface area contributed by atoms with Crippen molar-refractivity contribution in [3.8, 4) is 0 Å². The van der Waals surface area contributed by atoms with Gasteiger partial charge < -0.3 is 15.0 Å². The van der Waals surface area contributed by atoms with Crippen molar-refractivity contribution in [2.45, 2.75) is 38.5 Å². The Morgan fingerprint density at radius 1 is 1.53 bits per heavy atom. The normalized spacial score (nSPS) is 33.4. The maximum Gasteiger partial charge on any atom is 0.410 e. The number of alkyl halides is 1. The van der Waals surface area contributed by atoms with Gasteiger partial charge in [-0.25, -0.2) is 9.18 Å². The highest BCUT2D eigenvalue weighted by molar-refractivity contribution is 5.68. The number of piperidine rings is 1. The molecule has 0 aromatic rings. The topological polar surface area (TPSA) is 41.6 Å². The summed E-state index contributed by atoms with van der Waals surface area (Å²) >= 11 is 0. The molecule has 0 aromatic carbocycles. The summed E-state index contributed by atoms with van der Waals surface area (Å²) in [6.07, 6.45) is 0.388. The molecule has 2 unspecified atom stereocenters. The van der Waals surface area contributed by atoms with Crippen molar-refractivity contribution in [1.29, 1.82) is 0 Å². The number of rotatable bonds is 0. The summed E-state index contributed by atoms with van der Waals surface area (Å²) in [6, 6.07) is 0. The molecule has 98 valence electrons. The molecule has 0 saturated carbocycles. The number of ether oxygens (including phenoxy) is 1. The molecule has 0 radical (unpaired) electrons. The van der Waals surface area contributed by atoms with Crippen molar-refractivity contribution >= 4 is 6.09 Å². The van der Waals surface area contributed by atoms with Crippen LogP contribution >= 0.6 is 0 Å². The first-order valence-electron chi connectivity index (χ1n) is 6.18. The first kappa shape index (κ1) is 12.6. The van der Waals surface area contributed by atoms with E-state index in [0.29, 0.717) is 13.1 Å². The number of amides is 1. The van der Waals surface area contributed by atoms with Gasteiger partial charge in [-0.15, -0.1) is 0 Å². The van der Waals surface area contributed by atoms with Gasteiger partial charge in [0.2, 0.25) is 0 Å². The van der Waals surface area contributed by atoms with Gasteiger partial charge in [0.25, 0.3) is 0 Å². The van der Waals surface area contributed by atoms with Crippen LogP contribution in [0.15, 0.2) is 0 Å². The Hall–Kier alpha value is -0.840. The van der Waals surface area contributed by atoms with Gasteiger partial charge in [0, 0.05) is 19.0 Å². The molecule has 5 heteroatoms. The van der Waals surface area contributed by atoms with Crippen molar-refractivity contribution in [3.05, 3.63) is 0 Å². The summed E-state index contributed by atoms with van der Waals surface area (Å²) in [6.45, 7) is 7.27. The van der Waals surface area contributed by atoms with Crippen LogP contribution in [0.2, 0.25) is 0 Å². The van der Waals surface area contributed by atoms with E-state index < -0.39 is 17.4 Å². The second kappa shape index (κ2) is 4.12. The number of fused-ring (bicyclic) bond motifs is 1. The lowest BCUT2D eigenvalue weighted by atomic mass is 9.87. The molecule has 4 nitrogen and oxygen atoms in total. The molecule has 2 aliphatic rings. The van der Waals surface area contributed by atoms with Crippen LogP contribution in [0.3, 0.4) is 0 Å². The van der Waals surface area contributed by atoms with Gasteiger partial charge in [0.05, 0.1) is 6.54 Å². The van der Waals surface area contributed by atoms with Crippen LogP contribution in [0.4, 0.5) is 9.18 Å². The van der Waals surface area contributed by atoms with E-state index in [-0.39, 0.29) is 12.5 Å². The summed E-state index contributed by atoms with van der Waals surface area (Å²) in [7, 11) is 0. The van der Waals surface area contributed by atoms with Gasteiger partial charge in [0.1, 0.15) is 11.3 Å². The first-order chi connectivity index (χ1) is 7.80. The molecule has 2 heterocycles. The van der Waals surface area contributed by atoms with Gasteiger partial charge in [-0.2, -0.15) is 0 Å². The third-order valence-electron chi connectivity index (χ3n) is 3.37. The number of halogens is 1. The second-order valence-electron chi connectivity index (χ2n) is 6.06. The maximum atomic E-state index is 14.5. The zero-order valence-electron chi connectivity index (χ0n) is 10.8. The highest BCUT2D eigenvalue weighted by atomic mass is 19.1. The highest BCUT2D eigenvalue weighted by Crippen LogP contribution is 2.36. The fourth-order valence-corrected chi connectivity index (χ4v) is 2.53. The zero-order valence-corrected chi connectivity index (χ0v) is 10.8. The first-order valence-corrected chi connectivity index (χ1v) is 6.18. The van der Waals surface area contributed by atoms with E-state index in [4.69, 9.17) is 4.74 Å². The molecule has 0 bridgehead atoms. The van der Waals surface area contributed by atoms with E-state index in [0.717, 1.165) is 13.0 Å². The van der Waals surface area contributed by atoms with Crippen molar-refractivity contribution in [1.82, 2.24) is 10.2 Å². The lowest BCUT2D eigenvalue weighted by Crippen LogP contribution is -2.49. The quantitative estimate of drug-likeness (QED) is 0.703. The van der Waals surface area contributed by atoms with Crippen LogP contribution in [-0.4, -0.2) is 48.4 Å². The minimum Gasteiger partial charge on any atom is -0.444 e. The smallest absolute Gasteiger partial charge is 0.410 e. The summed E-state index contributed by atoms with van der Waals surface area (Å²) < 4.78 is 19.8. The fraction of sp³-hybridized carbons (Fsp3) is 0.917. The van der Waals surface area contributed by atoms with E-state index in [1.807, 2.05) is 20.8 Å². The second-order valence-corrected chi connectivity index (χ2v) is 6.06. The number of carbonyl (C=O) groups is 1. The van der Waals surface area contributed by atoms with Gasteiger partial charge >= 0.3 is 6.09 Å². The van der Waals surface area contributed by atoms with Crippen LogP contribution in [0.25, 0.3) is 0 Å². The zero-order chi connectivity index (χ0) is 12.7. The Balaban J connectivity index is 1.99. The van der Waals surface area contributed by atoms with Crippen LogP contribution < -0.4 is 5.32 Å². The minimum absolute atomic E-state index is 0.0451. The molecule has 2 fully saturated rings. The molecule has 17 heavy (non-hydrogen) atoms. The lowest BCUT2D eigenvalue weighted by molar-refractivity contribution is 0.0256. The Kier molecular flexibility index (Phi) is 3.06. The largest absolute Gasteiger partial charge is 0.444 e. The molecule has 2 rings (SSSR count). The Bertz CT molecular complexity index is 316. The molecule has 2 atom stereocenters. The highest BCUT2D eigenvalue weighted by Gasteiger charge is 2.50. The van der Waals surface area contributed by atoms with Crippen molar-refractivity contribution in [2.75, 3.05) is 26.2 Å². The summed E-state index contributed by atoms with van der Waals surface area (Å²) in [5, 5.41) is 3.05.